The van der Waals surface area contributed by atoms with Crippen LogP contribution in [0.1, 0.15) is 0 Å². The molecule has 29 heavy (non-hydrogen) atoms. The van der Waals surface area contributed by atoms with Crippen LogP contribution in [-0.2, 0) is 0 Å². The third-order valence-corrected chi connectivity index (χ3v) is 3.67. The lowest BCUT2D eigenvalue weighted by molar-refractivity contribution is 0.257. The van der Waals surface area contributed by atoms with E-state index in [2.05, 4.69) is 30.9 Å². The monoisotopic (exact) mass is 393 g/mol. The Bertz CT molecular complexity index is 984. The van der Waals surface area contributed by atoms with E-state index in [-0.39, 0.29) is 17.9 Å². The molecule has 2 aromatic carbocycles. The zero-order valence-electron chi connectivity index (χ0n) is 15.8. The number of amides is 4. The van der Waals surface area contributed by atoms with E-state index in [1.807, 2.05) is 12.1 Å². The van der Waals surface area contributed by atoms with Gasteiger partial charge in [0.05, 0.1) is 7.11 Å². The first-order valence-corrected chi connectivity index (χ1v) is 8.58. The Hall–Kier alpha value is -4.21. The molecule has 0 atom stereocenters. The van der Waals surface area contributed by atoms with Crippen molar-refractivity contribution in [2.45, 2.75) is 0 Å². The summed E-state index contributed by atoms with van der Waals surface area (Å²) in [7, 11) is 2.86. The highest BCUT2D eigenvalue weighted by molar-refractivity contribution is 6.01. The van der Waals surface area contributed by atoms with Crippen LogP contribution in [0.15, 0.2) is 60.7 Å². The van der Waals surface area contributed by atoms with Crippen LogP contribution in [0.25, 0.3) is 0 Å². The first kappa shape index (κ1) is 19.5. The number of aromatic nitrogens is 3. The lowest BCUT2D eigenvalue weighted by Crippen LogP contribution is -2.33. The van der Waals surface area contributed by atoms with Crippen LogP contribution in [0.4, 0.5) is 32.9 Å². The summed E-state index contributed by atoms with van der Waals surface area (Å²) in [6.07, 6.45) is 0. The largest absolute Gasteiger partial charge is 0.467 e. The van der Waals surface area contributed by atoms with Gasteiger partial charge in [-0.05, 0) is 24.3 Å². The molecule has 3 rings (SSSR count). The number of urea groups is 2. The summed E-state index contributed by atoms with van der Waals surface area (Å²) in [5.74, 6) is -0.0695. The molecule has 0 aliphatic heterocycles. The Labute approximate surface area is 167 Å². The number of hydrogen-bond donors (Lipinski definition) is 3. The summed E-state index contributed by atoms with van der Waals surface area (Å²) >= 11 is 0. The molecule has 0 saturated carbocycles. The van der Waals surface area contributed by atoms with Crippen molar-refractivity contribution in [3.8, 4) is 6.01 Å². The number of carbonyl (C=O) groups is 2. The number of carbonyl (C=O) groups excluding carboxylic acids is 2. The van der Waals surface area contributed by atoms with Crippen LogP contribution < -0.4 is 25.6 Å². The molecule has 0 spiro atoms. The highest BCUT2D eigenvalue weighted by Crippen LogP contribution is 2.16. The molecule has 0 fully saturated rings. The maximum atomic E-state index is 12.5. The minimum atomic E-state index is -0.549. The number of anilines is 4. The number of para-hydroxylation sites is 2. The van der Waals surface area contributed by atoms with Gasteiger partial charge >= 0.3 is 18.1 Å². The van der Waals surface area contributed by atoms with E-state index in [4.69, 9.17) is 4.74 Å². The number of nitrogens with zero attached hydrogens (tertiary/aromatic N) is 4. The molecule has 148 valence electrons. The predicted molar refractivity (Wildman–Crippen MR) is 109 cm³/mol. The van der Waals surface area contributed by atoms with Crippen LogP contribution in [0.2, 0.25) is 0 Å². The number of nitrogens with one attached hydrogen (secondary N) is 3. The van der Waals surface area contributed by atoms with Crippen molar-refractivity contribution in [3.05, 3.63) is 60.7 Å². The summed E-state index contributed by atoms with van der Waals surface area (Å²) in [5, 5.41) is 7.86. The summed E-state index contributed by atoms with van der Waals surface area (Å²) in [6, 6.07) is 16.8. The number of benzene rings is 2. The highest BCUT2D eigenvalue weighted by atomic mass is 16.5. The first-order chi connectivity index (χ1) is 14.0. The van der Waals surface area contributed by atoms with Crippen LogP contribution >= 0.6 is 0 Å². The fourth-order valence-corrected chi connectivity index (χ4v) is 2.25. The molecular formula is C19H19N7O3. The van der Waals surface area contributed by atoms with Crippen LogP contribution in [0, 0.1) is 0 Å². The summed E-state index contributed by atoms with van der Waals surface area (Å²) in [5.41, 5.74) is 1.22. The van der Waals surface area contributed by atoms with E-state index in [0.717, 1.165) is 0 Å². The fourth-order valence-electron chi connectivity index (χ4n) is 2.25. The summed E-state index contributed by atoms with van der Waals surface area (Å²) < 4.78 is 5.05. The molecule has 0 bridgehead atoms. The Kier molecular flexibility index (Phi) is 6.15. The molecule has 4 amide bonds. The third kappa shape index (κ3) is 5.39. The molecule has 0 unspecified atom stereocenters. The standard InChI is InChI=1S/C19H19N7O3/c1-26(19(28)21-14-11-7-4-8-12-14)16-22-15(24-18(25-16)29-2)23-17(27)20-13-9-5-3-6-10-13/h3-12H,1-2H3,(H,21,28)(H2,20,22,23,24,25,27). The van der Waals surface area contributed by atoms with Crippen molar-refractivity contribution >= 4 is 35.3 Å². The first-order valence-electron chi connectivity index (χ1n) is 8.58. The fraction of sp³-hybridized carbons (Fsp3) is 0.105. The summed E-state index contributed by atoms with van der Waals surface area (Å²) in [6.45, 7) is 0. The van der Waals surface area contributed by atoms with E-state index < -0.39 is 12.1 Å². The molecule has 3 N–H and O–H groups in total. The number of rotatable bonds is 5. The molecule has 0 aliphatic carbocycles. The minimum absolute atomic E-state index is 0.000271. The maximum Gasteiger partial charge on any atom is 0.328 e. The molecule has 3 aromatic rings. The zero-order valence-corrected chi connectivity index (χ0v) is 15.8. The Balaban J connectivity index is 1.73. The van der Waals surface area contributed by atoms with Gasteiger partial charge in [-0.2, -0.15) is 15.0 Å². The van der Waals surface area contributed by atoms with E-state index in [1.165, 1.54) is 19.1 Å². The maximum absolute atomic E-state index is 12.5. The highest BCUT2D eigenvalue weighted by Gasteiger charge is 2.18. The average Bonchev–Trinajstić information content (AvgIpc) is 2.74. The topological polar surface area (TPSA) is 121 Å². The average molecular weight is 393 g/mol. The number of hydrogen-bond acceptors (Lipinski definition) is 6. The molecule has 1 heterocycles. The van der Waals surface area contributed by atoms with Crippen LogP contribution in [0.5, 0.6) is 6.01 Å². The van der Waals surface area contributed by atoms with Crippen molar-refractivity contribution in [1.29, 1.82) is 0 Å². The molecule has 10 heteroatoms. The van der Waals surface area contributed by atoms with Gasteiger partial charge in [-0.25, -0.2) is 9.59 Å². The molecule has 0 radical (unpaired) electrons. The predicted octanol–water partition coefficient (Wildman–Crippen LogP) is 3.19. The smallest absolute Gasteiger partial charge is 0.328 e. The van der Waals surface area contributed by atoms with E-state index >= 15 is 0 Å². The Morgan fingerprint density at radius 3 is 2.00 bits per heavy atom. The van der Waals surface area contributed by atoms with Crippen LogP contribution in [-0.4, -0.2) is 41.2 Å². The van der Waals surface area contributed by atoms with Gasteiger partial charge in [-0.15, -0.1) is 0 Å². The van der Waals surface area contributed by atoms with Gasteiger partial charge in [0.1, 0.15) is 0 Å². The second-order valence-corrected chi connectivity index (χ2v) is 5.75. The lowest BCUT2D eigenvalue weighted by atomic mass is 10.3. The number of ether oxygens (including phenoxy) is 1. The van der Waals surface area contributed by atoms with Crippen molar-refractivity contribution in [3.63, 3.8) is 0 Å². The third-order valence-electron chi connectivity index (χ3n) is 3.67. The quantitative estimate of drug-likeness (QED) is 0.612. The van der Waals surface area contributed by atoms with Crippen molar-refractivity contribution in [1.82, 2.24) is 15.0 Å². The van der Waals surface area contributed by atoms with Crippen molar-refractivity contribution in [2.75, 3.05) is 35.0 Å². The van der Waals surface area contributed by atoms with E-state index in [0.29, 0.717) is 11.4 Å². The van der Waals surface area contributed by atoms with Gasteiger partial charge < -0.3 is 15.4 Å². The van der Waals surface area contributed by atoms with Crippen LogP contribution in [0.3, 0.4) is 0 Å². The van der Waals surface area contributed by atoms with Crippen molar-refractivity contribution < 1.29 is 14.3 Å². The Morgan fingerprint density at radius 2 is 1.41 bits per heavy atom. The second-order valence-electron chi connectivity index (χ2n) is 5.75. The normalized spacial score (nSPS) is 10.0. The lowest BCUT2D eigenvalue weighted by Gasteiger charge is -2.17. The van der Waals surface area contributed by atoms with Gasteiger partial charge in [0, 0.05) is 18.4 Å². The minimum Gasteiger partial charge on any atom is -0.467 e. The van der Waals surface area contributed by atoms with Gasteiger partial charge in [-0.3, -0.25) is 10.2 Å². The molecule has 0 saturated heterocycles. The molecule has 1 aromatic heterocycles. The zero-order chi connectivity index (χ0) is 20.6. The van der Waals surface area contributed by atoms with Gasteiger partial charge in [-0.1, -0.05) is 36.4 Å². The SMILES string of the molecule is COc1nc(NC(=O)Nc2ccccc2)nc(N(C)C(=O)Nc2ccccc2)n1. The van der Waals surface area contributed by atoms with E-state index in [1.54, 1.807) is 48.5 Å². The summed E-state index contributed by atoms with van der Waals surface area (Å²) in [4.78, 5) is 38.0. The van der Waals surface area contributed by atoms with Crippen molar-refractivity contribution in [2.24, 2.45) is 0 Å². The molecule has 0 aliphatic rings. The van der Waals surface area contributed by atoms with E-state index in [9.17, 15) is 9.59 Å². The number of methoxy groups -OCH3 is 1. The second kappa shape index (κ2) is 9.13. The molecular weight excluding hydrogens is 374 g/mol. The van der Waals surface area contributed by atoms with Gasteiger partial charge in [0.25, 0.3) is 0 Å². The Morgan fingerprint density at radius 1 is 0.828 bits per heavy atom. The van der Waals surface area contributed by atoms with Gasteiger partial charge in [0.2, 0.25) is 11.9 Å². The molecule has 10 nitrogen and oxygen atoms in total. The van der Waals surface area contributed by atoms with Gasteiger partial charge in [0.15, 0.2) is 0 Å².